The zero-order valence-corrected chi connectivity index (χ0v) is 12.4. The number of carbonyl (C=O) groups is 1. The average Bonchev–Trinajstić information content (AvgIpc) is 3.07. The Kier molecular flexibility index (Phi) is 3.83. The first kappa shape index (κ1) is 13.7. The Hall–Kier alpha value is -1.29. The van der Waals surface area contributed by atoms with Gasteiger partial charge in [0.05, 0.1) is 10.6 Å². The fourth-order valence-corrected chi connectivity index (χ4v) is 3.96. The van der Waals surface area contributed by atoms with E-state index in [-0.39, 0.29) is 5.91 Å². The van der Waals surface area contributed by atoms with Gasteiger partial charge in [-0.2, -0.15) is 0 Å². The molecule has 0 aliphatic heterocycles. The Balaban J connectivity index is 1.58. The highest BCUT2D eigenvalue weighted by atomic mass is 35.5. The third-order valence-corrected chi connectivity index (χ3v) is 5.04. The second-order valence-electron chi connectivity index (χ2n) is 5.95. The molecule has 2 aliphatic rings. The van der Waals surface area contributed by atoms with Crippen LogP contribution in [0.25, 0.3) is 0 Å². The Labute approximate surface area is 124 Å². The van der Waals surface area contributed by atoms with E-state index < -0.39 is 0 Å². The summed E-state index contributed by atoms with van der Waals surface area (Å²) < 4.78 is 0. The third kappa shape index (κ3) is 2.62. The van der Waals surface area contributed by atoms with Crippen molar-refractivity contribution in [3.05, 3.63) is 22.8 Å². The number of anilines is 1. The normalized spacial score (nSPS) is 27.6. The van der Waals surface area contributed by atoms with Crippen molar-refractivity contribution < 1.29 is 4.79 Å². The van der Waals surface area contributed by atoms with Gasteiger partial charge in [-0.1, -0.05) is 18.0 Å². The van der Waals surface area contributed by atoms with Crippen molar-refractivity contribution in [2.45, 2.75) is 25.7 Å². The topological polar surface area (TPSA) is 54.0 Å². The van der Waals surface area contributed by atoms with Crippen LogP contribution in [0.5, 0.6) is 0 Å². The fourth-order valence-electron chi connectivity index (χ4n) is 3.70. The molecule has 2 N–H and O–H groups in total. The molecule has 4 nitrogen and oxygen atoms in total. The van der Waals surface area contributed by atoms with Crippen molar-refractivity contribution in [1.29, 1.82) is 0 Å². The molecular weight excluding hydrogens is 274 g/mol. The van der Waals surface area contributed by atoms with Crippen molar-refractivity contribution in [3.63, 3.8) is 0 Å². The summed E-state index contributed by atoms with van der Waals surface area (Å²) in [6.07, 6.45) is 6.94. The summed E-state index contributed by atoms with van der Waals surface area (Å²) in [5, 5.41) is 6.39. The molecule has 20 heavy (non-hydrogen) atoms. The van der Waals surface area contributed by atoms with Crippen molar-refractivity contribution in [2.75, 3.05) is 18.9 Å². The summed E-state index contributed by atoms with van der Waals surface area (Å²) in [6, 6.07) is 1.66. The van der Waals surface area contributed by atoms with Gasteiger partial charge in [0.25, 0.3) is 5.91 Å². The van der Waals surface area contributed by atoms with E-state index in [0.717, 1.165) is 18.4 Å². The molecule has 3 rings (SSSR count). The second kappa shape index (κ2) is 5.60. The Bertz CT molecular complexity index is 520. The third-order valence-electron chi connectivity index (χ3n) is 4.75. The van der Waals surface area contributed by atoms with E-state index in [9.17, 15) is 4.79 Å². The molecule has 2 fully saturated rings. The lowest BCUT2D eigenvalue weighted by molar-refractivity contribution is 0.0941. The molecular formula is C15H20ClN3O. The molecule has 0 saturated heterocycles. The predicted octanol–water partition coefficient (Wildman–Crippen LogP) is 2.94. The molecule has 0 spiro atoms. The van der Waals surface area contributed by atoms with Crippen LogP contribution in [0.1, 0.15) is 36.0 Å². The van der Waals surface area contributed by atoms with Crippen LogP contribution < -0.4 is 10.6 Å². The molecule has 2 saturated carbocycles. The fraction of sp³-hybridized carbons (Fsp3) is 0.600. The molecule has 1 heterocycles. The number of rotatable bonds is 4. The molecule has 3 unspecified atom stereocenters. The highest BCUT2D eigenvalue weighted by Crippen LogP contribution is 2.47. The smallest absolute Gasteiger partial charge is 0.252 e. The quantitative estimate of drug-likeness (QED) is 0.897. The number of pyridine rings is 1. The highest BCUT2D eigenvalue weighted by Gasteiger charge is 2.39. The highest BCUT2D eigenvalue weighted by molar-refractivity contribution is 6.33. The first-order valence-corrected chi connectivity index (χ1v) is 7.66. The van der Waals surface area contributed by atoms with Crippen LogP contribution in [0, 0.1) is 17.8 Å². The summed E-state index contributed by atoms with van der Waals surface area (Å²) in [4.78, 5) is 16.3. The van der Waals surface area contributed by atoms with Crippen LogP contribution in [0.3, 0.4) is 0 Å². The number of hydrogen-bond donors (Lipinski definition) is 2. The first-order chi connectivity index (χ1) is 9.67. The van der Waals surface area contributed by atoms with Crippen molar-refractivity contribution in [2.24, 2.45) is 17.8 Å². The molecule has 0 aromatic carbocycles. The van der Waals surface area contributed by atoms with Crippen molar-refractivity contribution in [1.82, 2.24) is 10.3 Å². The summed E-state index contributed by atoms with van der Waals surface area (Å²) in [6.45, 7) is 0.783. The minimum atomic E-state index is -0.0789. The maximum Gasteiger partial charge on any atom is 0.252 e. The lowest BCUT2D eigenvalue weighted by atomic mass is 9.89. The molecule has 3 atom stereocenters. The van der Waals surface area contributed by atoms with Crippen LogP contribution in [0.15, 0.2) is 12.3 Å². The van der Waals surface area contributed by atoms with E-state index in [1.165, 1.54) is 25.7 Å². The molecule has 1 aromatic heterocycles. The summed E-state index contributed by atoms with van der Waals surface area (Å²) in [7, 11) is 1.75. The second-order valence-corrected chi connectivity index (χ2v) is 6.36. The predicted molar refractivity (Wildman–Crippen MR) is 80.1 cm³/mol. The Morgan fingerprint density at radius 2 is 2.30 bits per heavy atom. The Morgan fingerprint density at radius 1 is 1.45 bits per heavy atom. The maximum atomic E-state index is 12.1. The van der Waals surface area contributed by atoms with Gasteiger partial charge in [0, 0.05) is 19.8 Å². The summed E-state index contributed by atoms with van der Waals surface area (Å²) in [5.41, 5.74) is 0.525. The lowest BCUT2D eigenvalue weighted by Gasteiger charge is -2.21. The van der Waals surface area contributed by atoms with Crippen LogP contribution in [0.4, 0.5) is 5.82 Å². The van der Waals surface area contributed by atoms with E-state index in [1.807, 2.05) is 0 Å². The zero-order valence-electron chi connectivity index (χ0n) is 11.7. The maximum absolute atomic E-state index is 12.1. The van der Waals surface area contributed by atoms with Crippen molar-refractivity contribution in [3.8, 4) is 0 Å². The number of hydrogen-bond acceptors (Lipinski definition) is 3. The van der Waals surface area contributed by atoms with Gasteiger partial charge in [0.2, 0.25) is 0 Å². The van der Waals surface area contributed by atoms with Crippen LogP contribution in [-0.4, -0.2) is 24.5 Å². The minimum Gasteiger partial charge on any atom is -0.372 e. The SMILES string of the molecule is CNc1ncc(C(=O)NCC2CC3CCC2C3)cc1Cl. The van der Waals surface area contributed by atoms with Gasteiger partial charge in [0.1, 0.15) is 5.82 Å². The van der Waals surface area contributed by atoms with Crippen LogP contribution in [0.2, 0.25) is 5.02 Å². The van der Waals surface area contributed by atoms with Gasteiger partial charge in [-0.05, 0) is 43.1 Å². The van der Waals surface area contributed by atoms with Gasteiger partial charge >= 0.3 is 0 Å². The summed E-state index contributed by atoms with van der Waals surface area (Å²) >= 11 is 6.05. The van der Waals surface area contributed by atoms with Gasteiger partial charge in [-0.3, -0.25) is 4.79 Å². The van der Waals surface area contributed by atoms with Gasteiger partial charge < -0.3 is 10.6 Å². The van der Waals surface area contributed by atoms with E-state index in [2.05, 4.69) is 15.6 Å². The number of amides is 1. The van der Waals surface area contributed by atoms with E-state index in [0.29, 0.717) is 22.3 Å². The molecule has 1 aromatic rings. The zero-order chi connectivity index (χ0) is 14.1. The molecule has 1 amide bonds. The number of nitrogens with zero attached hydrogens (tertiary/aromatic N) is 1. The van der Waals surface area contributed by atoms with Gasteiger partial charge in [-0.25, -0.2) is 4.98 Å². The molecule has 2 aliphatic carbocycles. The summed E-state index contributed by atoms with van der Waals surface area (Å²) in [5.74, 6) is 2.92. The molecule has 2 bridgehead atoms. The number of carbonyl (C=O) groups excluding carboxylic acids is 1. The number of aromatic nitrogens is 1. The first-order valence-electron chi connectivity index (χ1n) is 7.29. The van der Waals surface area contributed by atoms with Crippen molar-refractivity contribution >= 4 is 23.3 Å². The monoisotopic (exact) mass is 293 g/mol. The standard InChI is InChI=1S/C15H20ClN3O/c1-17-14-13(16)6-12(8-18-14)15(20)19-7-11-5-9-2-3-10(11)4-9/h6,8-11H,2-5,7H2,1H3,(H,17,18)(H,19,20). The van der Waals surface area contributed by atoms with E-state index in [1.54, 1.807) is 19.3 Å². The van der Waals surface area contributed by atoms with Crippen LogP contribution >= 0.6 is 11.6 Å². The molecule has 5 heteroatoms. The largest absolute Gasteiger partial charge is 0.372 e. The Morgan fingerprint density at radius 3 is 2.90 bits per heavy atom. The number of halogens is 1. The van der Waals surface area contributed by atoms with Crippen LogP contribution in [-0.2, 0) is 0 Å². The minimum absolute atomic E-state index is 0.0789. The average molecular weight is 294 g/mol. The number of fused-ring (bicyclic) bond motifs is 2. The van der Waals surface area contributed by atoms with Gasteiger partial charge in [0.15, 0.2) is 0 Å². The lowest BCUT2D eigenvalue weighted by Crippen LogP contribution is -2.31. The molecule has 0 radical (unpaired) electrons. The van der Waals surface area contributed by atoms with E-state index in [4.69, 9.17) is 11.6 Å². The molecule has 108 valence electrons. The van der Waals surface area contributed by atoms with Gasteiger partial charge in [-0.15, -0.1) is 0 Å². The van der Waals surface area contributed by atoms with E-state index >= 15 is 0 Å². The number of nitrogens with one attached hydrogen (secondary N) is 2.